The Morgan fingerprint density at radius 2 is 2.00 bits per heavy atom. The zero-order valence-electron chi connectivity index (χ0n) is 14.6. The summed E-state index contributed by atoms with van der Waals surface area (Å²) in [5.41, 5.74) is 1.46. The molecule has 8 heteroatoms. The topological polar surface area (TPSA) is 64.3 Å². The lowest BCUT2D eigenvalue weighted by Crippen LogP contribution is -2.07. The summed E-state index contributed by atoms with van der Waals surface area (Å²) in [4.78, 5) is 13.3. The molecule has 2 aromatic carbocycles. The van der Waals surface area contributed by atoms with Gasteiger partial charge in [-0.2, -0.15) is 5.10 Å². The van der Waals surface area contributed by atoms with Gasteiger partial charge in [0.1, 0.15) is 5.69 Å². The van der Waals surface area contributed by atoms with Crippen molar-refractivity contribution in [3.05, 3.63) is 57.7 Å². The molecule has 0 saturated heterocycles. The van der Waals surface area contributed by atoms with Crippen LogP contribution in [0.25, 0.3) is 16.9 Å². The quantitative estimate of drug-likeness (QED) is 0.393. The molecule has 0 radical (unpaired) electrons. The minimum Gasteiger partial charge on any atom is -0.504 e. The normalized spacial score (nSPS) is 10.8. The Kier molecular flexibility index (Phi) is 6.14. The summed E-state index contributed by atoms with van der Waals surface area (Å²) in [6.07, 6.45) is 1.98. The molecule has 5 nitrogen and oxygen atoms in total. The van der Waals surface area contributed by atoms with E-state index in [1.807, 2.05) is 36.6 Å². The van der Waals surface area contributed by atoms with E-state index in [0.717, 1.165) is 9.37 Å². The van der Waals surface area contributed by atoms with Gasteiger partial charge < -0.3 is 9.84 Å². The number of benzene rings is 2. The van der Waals surface area contributed by atoms with E-state index in [9.17, 15) is 9.90 Å². The van der Waals surface area contributed by atoms with Gasteiger partial charge in [-0.05, 0) is 43.5 Å². The lowest BCUT2D eigenvalue weighted by atomic mass is 10.1. The van der Waals surface area contributed by atoms with Gasteiger partial charge in [0.2, 0.25) is 5.69 Å². The van der Waals surface area contributed by atoms with Gasteiger partial charge in [0.05, 0.1) is 17.3 Å². The zero-order chi connectivity index (χ0) is 19.6. The summed E-state index contributed by atoms with van der Waals surface area (Å²) >= 11 is 11.4. The van der Waals surface area contributed by atoms with Crippen LogP contribution in [-0.4, -0.2) is 33.7 Å². The van der Waals surface area contributed by atoms with E-state index >= 15 is 0 Å². The first kappa shape index (κ1) is 19.8. The largest absolute Gasteiger partial charge is 0.504 e. The summed E-state index contributed by atoms with van der Waals surface area (Å²) in [6, 6.07) is 12.9. The van der Waals surface area contributed by atoms with Crippen LogP contribution in [0.4, 0.5) is 0 Å². The van der Waals surface area contributed by atoms with Crippen molar-refractivity contribution < 1.29 is 14.6 Å². The Hall–Kier alpha value is -1.96. The van der Waals surface area contributed by atoms with Crippen LogP contribution < -0.4 is 0 Å². The third-order valence-corrected chi connectivity index (χ3v) is 5.37. The molecule has 0 spiro atoms. The fourth-order valence-corrected chi connectivity index (χ4v) is 3.74. The Morgan fingerprint density at radius 1 is 1.30 bits per heavy atom. The Labute approximate surface area is 174 Å². The molecule has 0 aliphatic heterocycles. The van der Waals surface area contributed by atoms with Crippen molar-refractivity contribution in [3.8, 4) is 22.7 Å². The van der Waals surface area contributed by atoms with E-state index in [-0.39, 0.29) is 18.1 Å². The van der Waals surface area contributed by atoms with E-state index < -0.39 is 5.97 Å². The molecule has 0 saturated carbocycles. The number of halogens is 2. The highest BCUT2D eigenvalue weighted by atomic mass is 79.9. The van der Waals surface area contributed by atoms with Crippen LogP contribution in [0.2, 0.25) is 5.02 Å². The second kappa shape index (κ2) is 8.37. The average Bonchev–Trinajstić information content (AvgIpc) is 2.99. The zero-order valence-corrected chi connectivity index (χ0v) is 17.7. The number of ether oxygens (including phenoxy) is 1. The van der Waals surface area contributed by atoms with Gasteiger partial charge in [-0.15, -0.1) is 11.8 Å². The number of hydrogen-bond acceptors (Lipinski definition) is 5. The molecule has 0 atom stereocenters. The number of carbonyl (C=O) groups is 1. The lowest BCUT2D eigenvalue weighted by molar-refractivity contribution is 0.0515. The van der Waals surface area contributed by atoms with Gasteiger partial charge in [-0.3, -0.25) is 0 Å². The third kappa shape index (κ3) is 4.00. The smallest absolute Gasteiger partial charge is 0.362 e. The summed E-state index contributed by atoms with van der Waals surface area (Å²) in [6.45, 7) is 1.88. The number of esters is 1. The summed E-state index contributed by atoms with van der Waals surface area (Å²) in [5.74, 6) is -0.937. The Morgan fingerprint density at radius 3 is 2.59 bits per heavy atom. The van der Waals surface area contributed by atoms with Gasteiger partial charge in [-0.1, -0.05) is 39.7 Å². The molecule has 0 amide bonds. The maximum Gasteiger partial charge on any atom is 0.362 e. The number of carbonyl (C=O) groups excluding carboxylic acids is 1. The first-order valence-corrected chi connectivity index (χ1v) is 10.4. The minimum atomic E-state index is -0.691. The molecule has 0 aliphatic rings. The van der Waals surface area contributed by atoms with Crippen LogP contribution in [0.5, 0.6) is 5.75 Å². The number of rotatable bonds is 5. The number of thioether (sulfide) groups is 1. The third-order valence-electron chi connectivity index (χ3n) is 3.83. The van der Waals surface area contributed by atoms with Crippen LogP contribution in [0.1, 0.15) is 17.4 Å². The lowest BCUT2D eigenvalue weighted by Gasteiger charge is -2.10. The second-order valence-corrected chi connectivity index (χ2v) is 7.70. The van der Waals surface area contributed by atoms with Crippen molar-refractivity contribution in [2.24, 2.45) is 0 Å². The number of hydrogen-bond donors (Lipinski definition) is 1. The molecule has 1 N–H and O–H groups in total. The number of nitrogens with zero attached hydrogens (tertiary/aromatic N) is 2. The number of aromatic hydroxyl groups is 1. The fourth-order valence-electron chi connectivity index (χ4n) is 2.58. The Balaban J connectivity index is 2.23. The van der Waals surface area contributed by atoms with E-state index in [2.05, 4.69) is 21.0 Å². The Bertz CT molecular complexity index is 989. The SMILES string of the molecule is CCOC(=O)c1nn(-c2ccc(Br)cc2Cl)c(-c2ccc(SC)cc2)c1O. The van der Waals surface area contributed by atoms with E-state index in [4.69, 9.17) is 16.3 Å². The molecule has 27 heavy (non-hydrogen) atoms. The highest BCUT2D eigenvalue weighted by Crippen LogP contribution is 2.37. The van der Waals surface area contributed by atoms with Gasteiger partial charge in [0.15, 0.2) is 5.75 Å². The van der Waals surface area contributed by atoms with Crippen molar-refractivity contribution >= 4 is 45.3 Å². The highest BCUT2D eigenvalue weighted by Gasteiger charge is 2.26. The molecule has 0 unspecified atom stereocenters. The molecule has 0 aliphatic carbocycles. The van der Waals surface area contributed by atoms with Crippen molar-refractivity contribution in [1.29, 1.82) is 0 Å². The molecule has 140 valence electrons. The van der Waals surface area contributed by atoms with E-state index in [0.29, 0.717) is 22.0 Å². The maximum absolute atomic E-state index is 12.2. The van der Waals surface area contributed by atoms with Gasteiger partial charge in [0, 0.05) is 14.9 Å². The maximum atomic E-state index is 12.2. The monoisotopic (exact) mass is 466 g/mol. The molecule has 3 aromatic rings. The van der Waals surface area contributed by atoms with Crippen LogP contribution in [-0.2, 0) is 4.74 Å². The highest BCUT2D eigenvalue weighted by molar-refractivity contribution is 9.10. The second-order valence-electron chi connectivity index (χ2n) is 5.50. The standard InChI is InChI=1S/C19H16BrClN2O3S/c1-3-26-19(25)16-18(24)17(11-4-7-13(27-2)8-5-11)23(22-16)15-9-6-12(20)10-14(15)21/h4-10,24H,3H2,1-2H3. The van der Waals surface area contributed by atoms with E-state index in [1.165, 1.54) is 4.68 Å². The fraction of sp³-hybridized carbons (Fsp3) is 0.158. The van der Waals surface area contributed by atoms with E-state index in [1.54, 1.807) is 30.8 Å². The molecule has 0 bridgehead atoms. The first-order chi connectivity index (χ1) is 13.0. The molecular formula is C19H16BrClN2O3S. The molecule has 1 heterocycles. The summed E-state index contributed by atoms with van der Waals surface area (Å²) < 4.78 is 7.29. The predicted octanol–water partition coefficient (Wildman–Crippen LogP) is 5.56. The van der Waals surface area contributed by atoms with Crippen molar-refractivity contribution in [2.45, 2.75) is 11.8 Å². The molecule has 0 fully saturated rings. The van der Waals surface area contributed by atoms with Crippen LogP contribution in [0, 0.1) is 0 Å². The first-order valence-electron chi connectivity index (χ1n) is 8.05. The summed E-state index contributed by atoms with van der Waals surface area (Å²) in [7, 11) is 0. The molecule has 1 aromatic heterocycles. The van der Waals surface area contributed by atoms with Crippen LogP contribution in [0.3, 0.4) is 0 Å². The van der Waals surface area contributed by atoms with Gasteiger partial charge >= 0.3 is 5.97 Å². The van der Waals surface area contributed by atoms with Crippen molar-refractivity contribution in [1.82, 2.24) is 9.78 Å². The van der Waals surface area contributed by atoms with Gasteiger partial charge in [0.25, 0.3) is 0 Å². The van der Waals surface area contributed by atoms with Crippen LogP contribution in [0.15, 0.2) is 51.8 Å². The number of aromatic nitrogens is 2. The minimum absolute atomic E-state index is 0.153. The van der Waals surface area contributed by atoms with Crippen LogP contribution >= 0.6 is 39.3 Å². The average molecular weight is 468 g/mol. The molecule has 3 rings (SSSR count). The predicted molar refractivity (Wildman–Crippen MR) is 111 cm³/mol. The van der Waals surface area contributed by atoms with Crippen molar-refractivity contribution in [2.75, 3.05) is 12.9 Å². The molecular weight excluding hydrogens is 452 g/mol. The van der Waals surface area contributed by atoms with Gasteiger partial charge in [-0.25, -0.2) is 9.48 Å². The summed E-state index contributed by atoms with van der Waals surface area (Å²) in [5, 5.41) is 15.5. The van der Waals surface area contributed by atoms with Crippen molar-refractivity contribution in [3.63, 3.8) is 0 Å².